The lowest BCUT2D eigenvalue weighted by Gasteiger charge is -2.02. The fourth-order valence-corrected chi connectivity index (χ4v) is 1.06. The Bertz CT molecular complexity index is 326. The highest BCUT2D eigenvalue weighted by molar-refractivity contribution is 7.80. The van der Waals surface area contributed by atoms with Gasteiger partial charge in [-0.05, 0) is 24.6 Å². The van der Waals surface area contributed by atoms with Crippen LogP contribution in [0.2, 0.25) is 0 Å². The van der Waals surface area contributed by atoms with Crippen molar-refractivity contribution in [2.24, 2.45) is 0 Å². The average molecular weight is 164 g/mol. The monoisotopic (exact) mass is 164 g/mol. The molecule has 0 unspecified atom stereocenters. The average Bonchev–Trinajstić information content (AvgIpc) is 1.99. The molecule has 0 saturated carbocycles. The van der Waals surface area contributed by atoms with Gasteiger partial charge in [0.15, 0.2) is 0 Å². The second-order valence-corrected chi connectivity index (χ2v) is 2.77. The maximum atomic E-state index is 8.66. The van der Waals surface area contributed by atoms with Gasteiger partial charge in [0.2, 0.25) is 0 Å². The van der Waals surface area contributed by atoms with Crippen molar-refractivity contribution in [1.29, 1.82) is 5.26 Å². The van der Waals surface area contributed by atoms with E-state index in [9.17, 15) is 0 Å². The van der Waals surface area contributed by atoms with E-state index in [-0.39, 0.29) is 0 Å². The number of rotatable bonds is 0. The van der Waals surface area contributed by atoms with Crippen LogP contribution in [0.1, 0.15) is 11.1 Å². The van der Waals surface area contributed by atoms with Crippen molar-refractivity contribution in [3.63, 3.8) is 0 Å². The first-order chi connectivity index (χ1) is 5.16. The van der Waals surface area contributed by atoms with E-state index in [0.29, 0.717) is 11.3 Å². The van der Waals surface area contributed by atoms with Gasteiger partial charge in [-0.15, -0.1) is 12.6 Å². The van der Waals surface area contributed by atoms with Crippen LogP contribution in [0.3, 0.4) is 0 Å². The molecule has 2 nitrogen and oxygen atoms in total. The molecule has 0 amide bonds. The van der Waals surface area contributed by atoms with E-state index < -0.39 is 0 Å². The lowest BCUT2D eigenvalue weighted by atomic mass is 10.1. The molecule has 0 saturated heterocycles. The second-order valence-electron chi connectivity index (χ2n) is 2.29. The number of hydrogen-bond donors (Lipinski definition) is 2. The van der Waals surface area contributed by atoms with Gasteiger partial charge < -0.3 is 5.73 Å². The molecule has 56 valence electrons. The summed E-state index contributed by atoms with van der Waals surface area (Å²) in [5.41, 5.74) is 7.43. The van der Waals surface area contributed by atoms with Crippen LogP contribution < -0.4 is 5.73 Å². The largest absolute Gasteiger partial charge is 0.398 e. The van der Waals surface area contributed by atoms with Gasteiger partial charge in [0.05, 0.1) is 5.56 Å². The Morgan fingerprint density at radius 3 is 2.64 bits per heavy atom. The summed E-state index contributed by atoms with van der Waals surface area (Å²) in [6.45, 7) is 1.83. The van der Waals surface area contributed by atoms with Crippen molar-refractivity contribution >= 4 is 18.3 Å². The van der Waals surface area contributed by atoms with Crippen molar-refractivity contribution < 1.29 is 0 Å². The van der Waals surface area contributed by atoms with Gasteiger partial charge in [-0.3, -0.25) is 0 Å². The van der Waals surface area contributed by atoms with Gasteiger partial charge >= 0.3 is 0 Å². The quantitative estimate of drug-likeness (QED) is 0.453. The van der Waals surface area contributed by atoms with Gasteiger partial charge in [0, 0.05) is 10.6 Å². The molecule has 0 aromatic heterocycles. The van der Waals surface area contributed by atoms with Crippen molar-refractivity contribution in [2.45, 2.75) is 11.8 Å². The van der Waals surface area contributed by atoms with E-state index in [1.165, 1.54) is 0 Å². The summed E-state index contributed by atoms with van der Waals surface area (Å²) in [6.07, 6.45) is 0. The van der Waals surface area contributed by atoms with Gasteiger partial charge in [0.1, 0.15) is 6.07 Å². The van der Waals surface area contributed by atoms with E-state index in [2.05, 4.69) is 12.6 Å². The molecule has 3 heteroatoms. The zero-order chi connectivity index (χ0) is 8.43. The van der Waals surface area contributed by atoms with Crippen LogP contribution in [0.4, 0.5) is 5.69 Å². The maximum absolute atomic E-state index is 8.66. The first-order valence-corrected chi connectivity index (χ1v) is 3.59. The predicted octanol–water partition coefficient (Wildman–Crippen LogP) is 1.74. The standard InChI is InChI=1S/C8H8N2S/c1-5-6(4-9)7(10)2-3-8(5)11/h2-3,11H,10H2,1H3. The van der Waals surface area contributed by atoms with Gasteiger partial charge in [-0.2, -0.15) is 5.26 Å². The topological polar surface area (TPSA) is 49.8 Å². The van der Waals surface area contributed by atoms with Crippen molar-refractivity contribution in [1.82, 2.24) is 0 Å². The van der Waals surface area contributed by atoms with Crippen LogP contribution in [0.25, 0.3) is 0 Å². The smallest absolute Gasteiger partial charge is 0.102 e. The van der Waals surface area contributed by atoms with Crippen LogP contribution in [-0.2, 0) is 0 Å². The molecule has 0 aliphatic heterocycles. The van der Waals surface area contributed by atoms with E-state index in [1.807, 2.05) is 13.0 Å². The highest BCUT2D eigenvalue weighted by Gasteiger charge is 2.03. The summed E-state index contributed by atoms with van der Waals surface area (Å²) in [5, 5.41) is 8.66. The van der Waals surface area contributed by atoms with E-state index in [0.717, 1.165) is 10.5 Å². The Labute approximate surface area is 71.0 Å². The Hall–Kier alpha value is -1.14. The number of benzene rings is 1. The third-order valence-electron chi connectivity index (χ3n) is 1.58. The minimum atomic E-state index is 0.516. The first-order valence-electron chi connectivity index (χ1n) is 3.15. The normalized spacial score (nSPS) is 9.18. The molecular formula is C8H8N2S. The Balaban J connectivity index is 3.44. The van der Waals surface area contributed by atoms with Gasteiger partial charge in [-0.25, -0.2) is 0 Å². The number of anilines is 1. The molecule has 0 aliphatic rings. The molecule has 1 aromatic carbocycles. The highest BCUT2D eigenvalue weighted by Crippen LogP contribution is 2.21. The summed E-state index contributed by atoms with van der Waals surface area (Å²) in [4.78, 5) is 0.802. The third kappa shape index (κ3) is 1.31. The lowest BCUT2D eigenvalue weighted by molar-refractivity contribution is 1.28. The SMILES string of the molecule is Cc1c(S)ccc(N)c1C#N. The fraction of sp³-hybridized carbons (Fsp3) is 0.125. The van der Waals surface area contributed by atoms with Gasteiger partial charge in [0.25, 0.3) is 0 Å². The molecule has 0 radical (unpaired) electrons. The van der Waals surface area contributed by atoms with Gasteiger partial charge in [-0.1, -0.05) is 0 Å². The van der Waals surface area contributed by atoms with Crippen LogP contribution in [-0.4, -0.2) is 0 Å². The minimum Gasteiger partial charge on any atom is -0.398 e. The molecule has 0 atom stereocenters. The molecule has 0 fully saturated rings. The maximum Gasteiger partial charge on any atom is 0.102 e. The Kier molecular flexibility index (Phi) is 2.06. The molecule has 1 rings (SSSR count). The number of nitriles is 1. The zero-order valence-electron chi connectivity index (χ0n) is 6.13. The van der Waals surface area contributed by atoms with Crippen molar-refractivity contribution in [2.75, 3.05) is 5.73 Å². The second kappa shape index (κ2) is 2.85. The summed E-state index contributed by atoms with van der Waals surface area (Å²) in [6, 6.07) is 5.51. The lowest BCUT2D eigenvalue weighted by Crippen LogP contribution is -1.93. The number of nitrogens with two attached hydrogens (primary N) is 1. The molecule has 0 heterocycles. The third-order valence-corrected chi connectivity index (χ3v) is 2.06. The van der Waals surface area contributed by atoms with Crippen LogP contribution in [0.15, 0.2) is 17.0 Å². The number of hydrogen-bond acceptors (Lipinski definition) is 3. The minimum absolute atomic E-state index is 0.516. The predicted molar refractivity (Wildman–Crippen MR) is 47.6 cm³/mol. The first kappa shape index (κ1) is 7.96. The molecule has 0 spiro atoms. The molecule has 2 N–H and O–H groups in total. The summed E-state index contributed by atoms with van der Waals surface area (Å²) >= 11 is 4.16. The number of nitrogen functional groups attached to an aromatic ring is 1. The molecular weight excluding hydrogens is 156 g/mol. The van der Waals surface area contributed by atoms with Crippen LogP contribution >= 0.6 is 12.6 Å². The summed E-state index contributed by atoms with van der Waals surface area (Å²) in [5.74, 6) is 0. The summed E-state index contributed by atoms with van der Waals surface area (Å²) in [7, 11) is 0. The van der Waals surface area contributed by atoms with Crippen LogP contribution in [0, 0.1) is 18.3 Å². The molecule has 0 aliphatic carbocycles. The molecule has 0 bridgehead atoms. The van der Waals surface area contributed by atoms with E-state index in [4.69, 9.17) is 11.0 Å². The fourth-order valence-electron chi connectivity index (χ4n) is 0.870. The Morgan fingerprint density at radius 1 is 1.55 bits per heavy atom. The number of nitrogens with zero attached hydrogens (tertiary/aromatic N) is 1. The highest BCUT2D eigenvalue weighted by atomic mass is 32.1. The van der Waals surface area contributed by atoms with Crippen LogP contribution in [0.5, 0.6) is 0 Å². The summed E-state index contributed by atoms with van der Waals surface area (Å²) < 4.78 is 0. The van der Waals surface area contributed by atoms with E-state index in [1.54, 1.807) is 12.1 Å². The molecule has 1 aromatic rings. The van der Waals surface area contributed by atoms with E-state index >= 15 is 0 Å². The number of thiol groups is 1. The zero-order valence-corrected chi connectivity index (χ0v) is 7.02. The molecule has 11 heavy (non-hydrogen) atoms. The van der Waals surface area contributed by atoms with Crippen molar-refractivity contribution in [3.8, 4) is 6.07 Å². The Morgan fingerprint density at radius 2 is 2.18 bits per heavy atom. The van der Waals surface area contributed by atoms with Crippen molar-refractivity contribution in [3.05, 3.63) is 23.3 Å².